The van der Waals surface area contributed by atoms with Crippen molar-refractivity contribution in [3.63, 3.8) is 0 Å². The molecule has 29 heavy (non-hydrogen) atoms. The van der Waals surface area contributed by atoms with Crippen molar-refractivity contribution in [3.8, 4) is 0 Å². The van der Waals surface area contributed by atoms with Crippen molar-refractivity contribution in [2.24, 2.45) is 21.5 Å². The van der Waals surface area contributed by atoms with Gasteiger partial charge < -0.3 is 16.8 Å². The second-order valence-corrected chi connectivity index (χ2v) is 7.71. The van der Waals surface area contributed by atoms with Gasteiger partial charge in [-0.15, -0.1) is 0 Å². The highest BCUT2D eigenvalue weighted by atomic mass is 35.5. The van der Waals surface area contributed by atoms with Crippen molar-refractivity contribution >= 4 is 40.8 Å². The van der Waals surface area contributed by atoms with E-state index in [1.54, 1.807) is 24.3 Å². The lowest BCUT2D eigenvalue weighted by atomic mass is 9.87. The van der Waals surface area contributed by atoms with Crippen LogP contribution in [0.2, 0.25) is 5.02 Å². The van der Waals surface area contributed by atoms with Crippen LogP contribution in [-0.2, 0) is 0 Å². The molecule has 0 aromatic heterocycles. The third-order valence-corrected chi connectivity index (χ3v) is 5.66. The molecule has 1 fully saturated rings. The van der Waals surface area contributed by atoms with Gasteiger partial charge in [0, 0.05) is 11.4 Å². The molecular formula is C21H23ClN6O. The molecule has 0 unspecified atom stereocenters. The topological polar surface area (TPSA) is 109 Å². The molecule has 0 saturated heterocycles. The molecule has 4 rings (SSSR count). The Bertz CT molecular complexity index is 996. The molecule has 1 aliphatic heterocycles. The fourth-order valence-electron chi connectivity index (χ4n) is 4.06. The van der Waals surface area contributed by atoms with Crippen LogP contribution in [0, 0.1) is 0 Å². The first kappa shape index (κ1) is 19.3. The average molecular weight is 411 g/mol. The summed E-state index contributed by atoms with van der Waals surface area (Å²) in [6.07, 6.45) is 4.95. The average Bonchev–Trinajstić information content (AvgIpc) is 2.68. The summed E-state index contributed by atoms with van der Waals surface area (Å²) in [5.41, 5.74) is 13.5. The van der Waals surface area contributed by atoms with E-state index in [9.17, 15) is 4.79 Å². The summed E-state index contributed by atoms with van der Waals surface area (Å²) < 4.78 is 0. The van der Waals surface area contributed by atoms with Crippen molar-refractivity contribution in [2.75, 3.05) is 10.2 Å². The smallest absolute Gasteiger partial charge is 0.257 e. The summed E-state index contributed by atoms with van der Waals surface area (Å²) in [6, 6.07) is 14.4. The minimum absolute atomic E-state index is 0.212. The van der Waals surface area contributed by atoms with Crippen molar-refractivity contribution < 1.29 is 4.79 Å². The van der Waals surface area contributed by atoms with Crippen LogP contribution in [0.1, 0.15) is 42.5 Å². The van der Waals surface area contributed by atoms with E-state index in [1.165, 1.54) is 0 Å². The number of carbonyl (C=O) groups excluding carboxylic acids is 1. The highest BCUT2D eigenvalue weighted by Gasteiger charge is 2.42. The summed E-state index contributed by atoms with van der Waals surface area (Å²) in [4.78, 5) is 23.4. The number of benzene rings is 2. The molecule has 7 nitrogen and oxygen atoms in total. The lowest BCUT2D eigenvalue weighted by molar-refractivity contribution is 0.102. The second-order valence-electron chi connectivity index (χ2n) is 7.30. The van der Waals surface area contributed by atoms with Crippen LogP contribution in [0.5, 0.6) is 0 Å². The van der Waals surface area contributed by atoms with Gasteiger partial charge in [0.25, 0.3) is 5.91 Å². The molecule has 1 heterocycles. The molecule has 2 aromatic carbocycles. The molecule has 8 heteroatoms. The number of guanidine groups is 2. The fourth-order valence-corrected chi connectivity index (χ4v) is 4.28. The van der Waals surface area contributed by atoms with Gasteiger partial charge >= 0.3 is 0 Å². The number of aliphatic imine (C=N–C) groups is 2. The molecule has 2 aliphatic rings. The zero-order valence-electron chi connectivity index (χ0n) is 15.9. The first-order valence-corrected chi connectivity index (χ1v) is 10.0. The molecule has 1 amide bonds. The fraction of sp³-hybridized carbons (Fsp3) is 0.286. The van der Waals surface area contributed by atoms with Crippen LogP contribution in [0.3, 0.4) is 0 Å². The Labute approximate surface area is 174 Å². The minimum atomic E-state index is -0.528. The van der Waals surface area contributed by atoms with Crippen molar-refractivity contribution in [1.29, 1.82) is 0 Å². The van der Waals surface area contributed by atoms with Gasteiger partial charge in [-0.05, 0) is 56.0 Å². The van der Waals surface area contributed by atoms with Crippen molar-refractivity contribution in [2.45, 2.75) is 37.8 Å². The number of carbonyl (C=O) groups is 1. The van der Waals surface area contributed by atoms with Crippen molar-refractivity contribution in [3.05, 3.63) is 59.1 Å². The van der Waals surface area contributed by atoms with E-state index < -0.39 is 5.66 Å². The Balaban J connectivity index is 1.65. The zero-order valence-corrected chi connectivity index (χ0v) is 16.7. The summed E-state index contributed by atoms with van der Waals surface area (Å²) in [5.74, 6) is 0.250. The summed E-state index contributed by atoms with van der Waals surface area (Å²) in [5, 5.41) is 3.30. The lowest BCUT2D eigenvalue weighted by Crippen LogP contribution is -2.58. The summed E-state index contributed by atoms with van der Waals surface area (Å²) >= 11 is 6.14. The van der Waals surface area contributed by atoms with Gasteiger partial charge in [0.1, 0.15) is 5.66 Å². The molecule has 0 atom stereocenters. The van der Waals surface area contributed by atoms with E-state index in [2.05, 4.69) is 15.3 Å². The number of nitrogens with one attached hydrogen (secondary N) is 1. The van der Waals surface area contributed by atoms with E-state index in [0.29, 0.717) is 22.2 Å². The normalized spacial score (nSPS) is 18.2. The van der Waals surface area contributed by atoms with Gasteiger partial charge in [0.15, 0.2) is 0 Å². The van der Waals surface area contributed by atoms with Crippen molar-refractivity contribution in [1.82, 2.24) is 0 Å². The van der Waals surface area contributed by atoms with Crippen LogP contribution >= 0.6 is 11.6 Å². The van der Waals surface area contributed by atoms with E-state index in [1.807, 2.05) is 29.2 Å². The number of halogens is 1. The largest absolute Gasteiger partial charge is 0.369 e. The number of nitrogens with zero attached hydrogens (tertiary/aromatic N) is 3. The molecule has 5 N–H and O–H groups in total. The third-order valence-electron chi connectivity index (χ3n) is 5.33. The van der Waals surface area contributed by atoms with E-state index in [0.717, 1.165) is 37.8 Å². The number of hydrogen-bond donors (Lipinski definition) is 3. The molecular weight excluding hydrogens is 388 g/mol. The van der Waals surface area contributed by atoms with Gasteiger partial charge in [-0.25, -0.2) is 4.99 Å². The van der Waals surface area contributed by atoms with Gasteiger partial charge in [0.05, 0.1) is 10.6 Å². The Morgan fingerprint density at radius 2 is 1.83 bits per heavy atom. The Morgan fingerprint density at radius 1 is 1.07 bits per heavy atom. The van der Waals surface area contributed by atoms with Gasteiger partial charge in [-0.1, -0.05) is 36.2 Å². The molecule has 1 saturated carbocycles. The number of anilines is 2. The number of hydrogen-bond acceptors (Lipinski definition) is 6. The summed E-state index contributed by atoms with van der Waals surface area (Å²) in [7, 11) is 0. The SMILES string of the molecule is NC1=NC2(CCCCC2)N(c2cccc(NC(=O)c3ccccc3Cl)c2)C(N)=N1. The predicted molar refractivity (Wildman–Crippen MR) is 117 cm³/mol. The highest BCUT2D eigenvalue weighted by Crippen LogP contribution is 2.40. The van der Waals surface area contributed by atoms with E-state index in [4.69, 9.17) is 23.1 Å². The van der Waals surface area contributed by atoms with Crippen LogP contribution in [0.4, 0.5) is 11.4 Å². The standard InChI is InChI=1S/C21H23ClN6O/c22-17-10-3-2-9-16(17)18(29)25-14-7-6-8-15(13-14)28-20(24)26-19(23)27-21(28)11-4-1-5-12-21/h2-3,6-10,13H,1,4-5,11-12H2,(H,25,29)(H4,23,24,26,27). The summed E-state index contributed by atoms with van der Waals surface area (Å²) in [6.45, 7) is 0. The Morgan fingerprint density at radius 3 is 2.59 bits per heavy atom. The minimum Gasteiger partial charge on any atom is -0.369 e. The maximum absolute atomic E-state index is 12.6. The van der Waals surface area contributed by atoms with E-state index >= 15 is 0 Å². The third kappa shape index (κ3) is 3.78. The quantitative estimate of drug-likeness (QED) is 0.716. The van der Waals surface area contributed by atoms with Gasteiger partial charge in [0.2, 0.25) is 11.9 Å². The van der Waals surface area contributed by atoms with Crippen LogP contribution < -0.4 is 21.7 Å². The first-order valence-electron chi connectivity index (χ1n) is 9.64. The number of rotatable bonds is 3. The number of amides is 1. The molecule has 150 valence electrons. The predicted octanol–water partition coefficient (Wildman–Crippen LogP) is 3.70. The first-order chi connectivity index (χ1) is 14.0. The van der Waals surface area contributed by atoms with Gasteiger partial charge in [-0.3, -0.25) is 9.69 Å². The zero-order chi connectivity index (χ0) is 20.4. The molecule has 0 bridgehead atoms. The monoisotopic (exact) mass is 410 g/mol. The second kappa shape index (κ2) is 7.75. The van der Waals surface area contributed by atoms with Crippen LogP contribution in [-0.4, -0.2) is 23.5 Å². The number of nitrogens with two attached hydrogens (primary N) is 2. The van der Waals surface area contributed by atoms with Crippen LogP contribution in [0.25, 0.3) is 0 Å². The highest BCUT2D eigenvalue weighted by molar-refractivity contribution is 6.34. The lowest BCUT2D eigenvalue weighted by Gasteiger charge is -2.45. The maximum atomic E-state index is 12.6. The molecule has 0 radical (unpaired) electrons. The molecule has 1 aliphatic carbocycles. The molecule has 2 aromatic rings. The van der Waals surface area contributed by atoms with E-state index in [-0.39, 0.29) is 11.9 Å². The molecule has 1 spiro atoms. The van der Waals surface area contributed by atoms with Gasteiger partial charge in [-0.2, -0.15) is 4.99 Å². The Kier molecular flexibility index (Phi) is 5.15. The Hall–Kier alpha value is -3.06. The maximum Gasteiger partial charge on any atom is 0.257 e. The van der Waals surface area contributed by atoms with Crippen LogP contribution in [0.15, 0.2) is 58.5 Å².